The molecule has 136 valence electrons. The number of aliphatic hydroxyl groups excluding tert-OH is 1. The summed E-state index contributed by atoms with van der Waals surface area (Å²) in [5.74, 6) is -0.242. The van der Waals surface area contributed by atoms with E-state index in [2.05, 4.69) is 0 Å². The Balaban J connectivity index is 2.13. The summed E-state index contributed by atoms with van der Waals surface area (Å²) in [6.07, 6.45) is 1.67. The van der Waals surface area contributed by atoms with Crippen LogP contribution in [0.5, 0.6) is 0 Å². The standard InChI is InChI=1S/C21H23NO4/c1-4-5-12-22-18(16-11-8-14(3)26-16)17(20(24)21(22)25)19(23)15-9-6-13(2)7-10-15/h6-11,18,23H,4-5,12H2,1-3H3/b19-17-. The van der Waals surface area contributed by atoms with Gasteiger partial charge in [-0.25, -0.2) is 0 Å². The number of hydrogen-bond acceptors (Lipinski definition) is 4. The fraction of sp³-hybridized carbons (Fsp3) is 0.333. The lowest BCUT2D eigenvalue weighted by atomic mass is 9.99. The molecule has 1 aromatic carbocycles. The van der Waals surface area contributed by atoms with Crippen molar-refractivity contribution in [2.75, 3.05) is 6.54 Å². The molecule has 0 radical (unpaired) electrons. The molecule has 1 saturated heterocycles. The van der Waals surface area contributed by atoms with Crippen LogP contribution in [0.2, 0.25) is 0 Å². The lowest BCUT2D eigenvalue weighted by Crippen LogP contribution is -2.30. The zero-order valence-electron chi connectivity index (χ0n) is 15.3. The molecule has 0 saturated carbocycles. The molecule has 1 aliphatic heterocycles. The van der Waals surface area contributed by atoms with Crippen LogP contribution in [0.1, 0.15) is 48.5 Å². The van der Waals surface area contributed by atoms with Crippen LogP contribution in [0.3, 0.4) is 0 Å². The lowest BCUT2D eigenvalue weighted by Gasteiger charge is -2.23. The molecule has 2 aromatic rings. The van der Waals surface area contributed by atoms with Gasteiger partial charge in [-0.1, -0.05) is 43.2 Å². The highest BCUT2D eigenvalue weighted by Crippen LogP contribution is 2.40. The molecule has 0 aliphatic carbocycles. The molecule has 0 bridgehead atoms. The predicted molar refractivity (Wildman–Crippen MR) is 98.5 cm³/mol. The van der Waals surface area contributed by atoms with E-state index in [-0.39, 0.29) is 11.3 Å². The third-order valence-electron chi connectivity index (χ3n) is 4.65. The van der Waals surface area contributed by atoms with E-state index >= 15 is 0 Å². The molecule has 1 amide bonds. The van der Waals surface area contributed by atoms with E-state index in [0.717, 1.165) is 18.4 Å². The third-order valence-corrected chi connectivity index (χ3v) is 4.65. The normalized spacial score (nSPS) is 19.3. The van der Waals surface area contributed by atoms with Crippen LogP contribution in [0.4, 0.5) is 0 Å². The zero-order valence-corrected chi connectivity index (χ0v) is 15.3. The minimum Gasteiger partial charge on any atom is -0.507 e. The molecule has 0 spiro atoms. The minimum absolute atomic E-state index is 0.0873. The van der Waals surface area contributed by atoms with E-state index < -0.39 is 17.7 Å². The predicted octanol–water partition coefficient (Wildman–Crippen LogP) is 4.12. The summed E-state index contributed by atoms with van der Waals surface area (Å²) in [6.45, 7) is 6.21. The Morgan fingerprint density at radius 3 is 2.38 bits per heavy atom. The van der Waals surface area contributed by atoms with Gasteiger partial charge in [-0.3, -0.25) is 9.59 Å². The number of aryl methyl sites for hydroxylation is 2. The Morgan fingerprint density at radius 1 is 1.12 bits per heavy atom. The smallest absolute Gasteiger partial charge is 0.295 e. The number of Topliss-reactive ketones (excluding diaryl/α,β-unsaturated/α-hetero) is 1. The van der Waals surface area contributed by atoms with Gasteiger partial charge in [0.25, 0.3) is 11.7 Å². The van der Waals surface area contributed by atoms with Crippen LogP contribution in [0, 0.1) is 13.8 Å². The highest BCUT2D eigenvalue weighted by molar-refractivity contribution is 6.46. The SMILES string of the molecule is CCCCN1C(=O)C(=O)/C(=C(\O)c2ccc(C)cc2)C1c1ccc(C)o1. The van der Waals surface area contributed by atoms with Crippen molar-refractivity contribution in [1.82, 2.24) is 4.90 Å². The summed E-state index contributed by atoms with van der Waals surface area (Å²) in [5.41, 5.74) is 1.64. The average molecular weight is 353 g/mol. The Morgan fingerprint density at radius 2 is 1.81 bits per heavy atom. The van der Waals surface area contributed by atoms with Crippen molar-refractivity contribution in [1.29, 1.82) is 0 Å². The maximum atomic E-state index is 12.7. The van der Waals surface area contributed by atoms with Gasteiger partial charge < -0.3 is 14.4 Å². The van der Waals surface area contributed by atoms with Crippen molar-refractivity contribution in [3.63, 3.8) is 0 Å². The molecule has 26 heavy (non-hydrogen) atoms. The first-order chi connectivity index (χ1) is 12.4. The zero-order chi connectivity index (χ0) is 18.8. The molecule has 1 N–H and O–H groups in total. The fourth-order valence-electron chi connectivity index (χ4n) is 3.20. The van der Waals surface area contributed by atoms with Gasteiger partial charge in [-0.2, -0.15) is 0 Å². The summed E-state index contributed by atoms with van der Waals surface area (Å²) in [4.78, 5) is 26.8. The summed E-state index contributed by atoms with van der Waals surface area (Å²) in [5, 5.41) is 10.8. The fourth-order valence-corrected chi connectivity index (χ4v) is 3.20. The quantitative estimate of drug-likeness (QED) is 0.499. The van der Waals surface area contributed by atoms with Gasteiger partial charge in [0, 0.05) is 12.1 Å². The van der Waals surface area contributed by atoms with Crippen molar-refractivity contribution in [3.05, 3.63) is 64.6 Å². The van der Waals surface area contributed by atoms with Crippen LogP contribution in [0.25, 0.3) is 5.76 Å². The summed E-state index contributed by atoms with van der Waals surface area (Å²) in [7, 11) is 0. The highest BCUT2D eigenvalue weighted by atomic mass is 16.3. The number of amides is 1. The second-order valence-electron chi connectivity index (χ2n) is 6.66. The molecule has 1 atom stereocenters. The van der Waals surface area contributed by atoms with Gasteiger partial charge in [0.15, 0.2) is 0 Å². The molecule has 2 heterocycles. The largest absolute Gasteiger partial charge is 0.507 e. The minimum atomic E-state index is -0.698. The first kappa shape index (κ1) is 18.0. The Kier molecular flexibility index (Phi) is 4.98. The first-order valence-corrected chi connectivity index (χ1v) is 8.85. The average Bonchev–Trinajstić information content (AvgIpc) is 3.15. The van der Waals surface area contributed by atoms with Crippen molar-refractivity contribution >= 4 is 17.4 Å². The van der Waals surface area contributed by atoms with E-state index in [1.807, 2.05) is 32.9 Å². The van der Waals surface area contributed by atoms with E-state index in [9.17, 15) is 14.7 Å². The number of likely N-dealkylation sites (tertiary alicyclic amines) is 1. The third kappa shape index (κ3) is 3.17. The van der Waals surface area contributed by atoms with Gasteiger partial charge in [-0.05, 0) is 32.4 Å². The molecule has 1 aromatic heterocycles. The van der Waals surface area contributed by atoms with Gasteiger partial charge >= 0.3 is 0 Å². The van der Waals surface area contributed by atoms with Crippen molar-refractivity contribution in [3.8, 4) is 0 Å². The molecular weight excluding hydrogens is 330 g/mol. The molecule has 1 unspecified atom stereocenters. The summed E-state index contributed by atoms with van der Waals surface area (Å²) < 4.78 is 5.72. The van der Waals surface area contributed by atoms with Crippen LogP contribution < -0.4 is 0 Å². The molecular formula is C21H23NO4. The molecule has 5 nitrogen and oxygen atoms in total. The topological polar surface area (TPSA) is 70.8 Å². The number of carbonyl (C=O) groups excluding carboxylic acids is 2. The number of nitrogens with zero attached hydrogens (tertiary/aromatic N) is 1. The molecule has 5 heteroatoms. The number of hydrogen-bond donors (Lipinski definition) is 1. The van der Waals surface area contributed by atoms with Gasteiger partial charge in [-0.15, -0.1) is 0 Å². The Bertz CT molecular complexity index is 860. The van der Waals surface area contributed by atoms with Crippen molar-refractivity contribution < 1.29 is 19.1 Å². The summed E-state index contributed by atoms with van der Waals surface area (Å²) in [6, 6.07) is 10.1. The van der Waals surface area contributed by atoms with Crippen molar-refractivity contribution in [2.24, 2.45) is 0 Å². The Hall–Kier alpha value is -2.82. The Labute approximate surface area is 152 Å². The van der Waals surface area contributed by atoms with Crippen molar-refractivity contribution in [2.45, 2.75) is 39.7 Å². The maximum Gasteiger partial charge on any atom is 0.295 e. The number of rotatable bonds is 5. The molecule has 1 aliphatic rings. The second-order valence-corrected chi connectivity index (χ2v) is 6.66. The number of carbonyl (C=O) groups is 2. The number of furan rings is 1. The van der Waals surface area contributed by atoms with Crippen LogP contribution in [0.15, 0.2) is 46.4 Å². The highest BCUT2D eigenvalue weighted by Gasteiger charge is 2.47. The number of ketones is 1. The lowest BCUT2D eigenvalue weighted by molar-refractivity contribution is -0.140. The van der Waals surface area contributed by atoms with Gasteiger partial charge in [0.2, 0.25) is 0 Å². The van der Waals surface area contributed by atoms with Gasteiger partial charge in [0.05, 0.1) is 5.57 Å². The maximum absolute atomic E-state index is 12.7. The summed E-state index contributed by atoms with van der Waals surface area (Å²) >= 11 is 0. The van der Waals surface area contributed by atoms with Crippen LogP contribution in [-0.4, -0.2) is 28.2 Å². The van der Waals surface area contributed by atoms with E-state index in [0.29, 0.717) is 23.6 Å². The van der Waals surface area contributed by atoms with Crippen LogP contribution >= 0.6 is 0 Å². The second kappa shape index (κ2) is 7.20. The van der Waals surface area contributed by atoms with E-state index in [1.165, 1.54) is 4.90 Å². The molecule has 3 rings (SSSR count). The number of unbranched alkanes of at least 4 members (excludes halogenated alkanes) is 1. The number of aliphatic hydroxyl groups is 1. The van der Waals surface area contributed by atoms with Crippen LogP contribution in [-0.2, 0) is 9.59 Å². The van der Waals surface area contributed by atoms with E-state index in [4.69, 9.17) is 4.42 Å². The number of benzene rings is 1. The molecule has 1 fully saturated rings. The van der Waals surface area contributed by atoms with Gasteiger partial charge in [0.1, 0.15) is 23.3 Å². The van der Waals surface area contributed by atoms with E-state index in [1.54, 1.807) is 24.3 Å². The first-order valence-electron chi connectivity index (χ1n) is 8.85. The monoisotopic (exact) mass is 353 g/mol.